The minimum atomic E-state index is 0.287. The highest BCUT2D eigenvalue weighted by atomic mass is 35.5. The molecule has 0 aliphatic carbocycles. The van der Waals surface area contributed by atoms with Crippen molar-refractivity contribution in [1.29, 1.82) is 0 Å². The van der Waals surface area contributed by atoms with Crippen molar-refractivity contribution in [1.82, 2.24) is 0 Å². The van der Waals surface area contributed by atoms with Gasteiger partial charge in [-0.1, -0.05) is 24.6 Å². The normalized spacial score (nSPS) is 12.4. The Morgan fingerprint density at radius 1 is 1.28 bits per heavy atom. The zero-order valence-electron chi connectivity index (χ0n) is 11.0. The molecule has 0 bridgehead atoms. The zero-order valence-corrected chi connectivity index (χ0v) is 12.5. The molecule has 0 radical (unpaired) electrons. The second kappa shape index (κ2) is 5.77. The molecule has 2 aromatic rings. The van der Waals surface area contributed by atoms with Gasteiger partial charge in [0.25, 0.3) is 0 Å². The van der Waals surface area contributed by atoms with Crippen molar-refractivity contribution in [2.45, 2.75) is 33.2 Å². The third-order valence-corrected chi connectivity index (χ3v) is 4.69. The van der Waals surface area contributed by atoms with E-state index in [1.807, 2.05) is 23.5 Å². The summed E-state index contributed by atoms with van der Waals surface area (Å²) in [5, 5.41) is 4.26. The number of aryl methyl sites for hydroxylation is 2. The van der Waals surface area contributed by atoms with Crippen molar-refractivity contribution in [2.75, 3.05) is 5.32 Å². The largest absolute Gasteiger partial charge is 0.376 e. The first kappa shape index (κ1) is 13.4. The van der Waals surface area contributed by atoms with Crippen LogP contribution in [0.3, 0.4) is 0 Å². The van der Waals surface area contributed by atoms with Crippen LogP contribution in [0.4, 0.5) is 5.69 Å². The fourth-order valence-electron chi connectivity index (χ4n) is 1.87. The maximum Gasteiger partial charge on any atom is 0.0637 e. The summed E-state index contributed by atoms with van der Waals surface area (Å²) in [5.74, 6) is 0. The van der Waals surface area contributed by atoms with Crippen molar-refractivity contribution in [3.8, 4) is 0 Å². The Bertz CT molecular complexity index is 533. The molecule has 18 heavy (non-hydrogen) atoms. The Morgan fingerprint density at radius 2 is 2.06 bits per heavy atom. The molecule has 0 aliphatic rings. The van der Waals surface area contributed by atoms with Crippen LogP contribution in [0.1, 0.15) is 35.2 Å². The topological polar surface area (TPSA) is 12.0 Å². The molecule has 1 heterocycles. The van der Waals surface area contributed by atoms with Gasteiger partial charge in [-0.25, -0.2) is 0 Å². The van der Waals surface area contributed by atoms with Gasteiger partial charge >= 0.3 is 0 Å². The molecule has 0 saturated heterocycles. The zero-order chi connectivity index (χ0) is 13.1. The van der Waals surface area contributed by atoms with E-state index in [0.29, 0.717) is 0 Å². The average molecular weight is 280 g/mol. The van der Waals surface area contributed by atoms with Crippen LogP contribution in [0.15, 0.2) is 30.3 Å². The minimum absolute atomic E-state index is 0.287. The van der Waals surface area contributed by atoms with Crippen LogP contribution < -0.4 is 5.32 Å². The second-order valence-electron chi connectivity index (χ2n) is 4.51. The standard InChI is InChI=1S/C15H18ClNS/c1-4-12-6-8-15(18-12)11(3)17-14-9-10(2)5-7-13(14)16/h5-9,11,17H,4H2,1-3H3. The maximum absolute atomic E-state index is 6.20. The fourth-order valence-corrected chi connectivity index (χ4v) is 3.00. The van der Waals surface area contributed by atoms with Crippen molar-refractivity contribution in [2.24, 2.45) is 0 Å². The molecule has 3 heteroatoms. The van der Waals surface area contributed by atoms with E-state index < -0.39 is 0 Å². The highest BCUT2D eigenvalue weighted by molar-refractivity contribution is 7.12. The monoisotopic (exact) mass is 279 g/mol. The van der Waals surface area contributed by atoms with Crippen molar-refractivity contribution < 1.29 is 0 Å². The van der Waals surface area contributed by atoms with Gasteiger partial charge < -0.3 is 5.32 Å². The molecule has 1 aromatic heterocycles. The molecule has 1 N–H and O–H groups in total. The first-order valence-electron chi connectivity index (χ1n) is 6.21. The van der Waals surface area contributed by atoms with Crippen LogP contribution in [-0.2, 0) is 6.42 Å². The molecule has 1 atom stereocenters. The fraction of sp³-hybridized carbons (Fsp3) is 0.333. The number of nitrogens with one attached hydrogen (secondary N) is 1. The first-order valence-corrected chi connectivity index (χ1v) is 7.41. The SMILES string of the molecule is CCc1ccc(C(C)Nc2cc(C)ccc2Cl)s1. The van der Waals surface area contributed by atoms with E-state index in [1.54, 1.807) is 0 Å². The van der Waals surface area contributed by atoms with Gasteiger partial charge in [0.1, 0.15) is 0 Å². The molecular formula is C15H18ClNS. The van der Waals surface area contributed by atoms with Gasteiger partial charge in [0, 0.05) is 9.75 Å². The summed E-state index contributed by atoms with van der Waals surface area (Å²) in [7, 11) is 0. The third kappa shape index (κ3) is 3.06. The van der Waals surface area contributed by atoms with Crippen LogP contribution in [0, 0.1) is 6.92 Å². The lowest BCUT2D eigenvalue weighted by Gasteiger charge is -2.15. The van der Waals surface area contributed by atoms with E-state index in [1.165, 1.54) is 15.3 Å². The van der Waals surface area contributed by atoms with Crippen LogP contribution in [0.25, 0.3) is 0 Å². The van der Waals surface area contributed by atoms with Crippen molar-refractivity contribution >= 4 is 28.6 Å². The molecule has 1 unspecified atom stereocenters. The molecule has 96 valence electrons. The molecular weight excluding hydrogens is 262 g/mol. The highest BCUT2D eigenvalue weighted by Gasteiger charge is 2.10. The lowest BCUT2D eigenvalue weighted by atomic mass is 10.2. The number of halogens is 1. The van der Waals surface area contributed by atoms with Crippen LogP contribution >= 0.6 is 22.9 Å². The van der Waals surface area contributed by atoms with Crippen molar-refractivity contribution in [3.05, 3.63) is 50.7 Å². The minimum Gasteiger partial charge on any atom is -0.376 e. The summed E-state index contributed by atoms with van der Waals surface area (Å²) in [5.41, 5.74) is 2.23. The molecule has 1 aromatic carbocycles. The Morgan fingerprint density at radius 3 is 2.72 bits per heavy atom. The summed E-state index contributed by atoms with van der Waals surface area (Å²) < 4.78 is 0. The van der Waals surface area contributed by atoms with Gasteiger partial charge in [-0.3, -0.25) is 0 Å². The Hall–Kier alpha value is -0.990. The number of thiophene rings is 1. The van der Waals surface area contributed by atoms with E-state index in [4.69, 9.17) is 11.6 Å². The van der Waals surface area contributed by atoms with Gasteiger partial charge in [0.15, 0.2) is 0 Å². The summed E-state index contributed by atoms with van der Waals surface area (Å²) in [6.07, 6.45) is 1.10. The number of benzene rings is 1. The molecule has 0 spiro atoms. The third-order valence-electron chi connectivity index (χ3n) is 2.95. The Balaban J connectivity index is 2.15. The molecule has 2 rings (SSSR count). The van der Waals surface area contributed by atoms with Gasteiger partial charge in [-0.05, 0) is 50.1 Å². The van der Waals surface area contributed by atoms with E-state index in [-0.39, 0.29) is 6.04 Å². The van der Waals surface area contributed by atoms with E-state index in [0.717, 1.165) is 17.1 Å². The van der Waals surface area contributed by atoms with Crippen LogP contribution in [0.5, 0.6) is 0 Å². The quantitative estimate of drug-likeness (QED) is 0.785. The lowest BCUT2D eigenvalue weighted by molar-refractivity contribution is 0.908. The van der Waals surface area contributed by atoms with Gasteiger partial charge in [-0.2, -0.15) is 0 Å². The molecule has 0 saturated carbocycles. The number of rotatable bonds is 4. The molecule has 0 amide bonds. The summed E-state index contributed by atoms with van der Waals surface area (Å²) >= 11 is 8.07. The maximum atomic E-state index is 6.20. The number of hydrogen-bond acceptors (Lipinski definition) is 2. The average Bonchev–Trinajstić information content (AvgIpc) is 2.82. The van der Waals surface area contributed by atoms with E-state index >= 15 is 0 Å². The highest BCUT2D eigenvalue weighted by Crippen LogP contribution is 2.30. The summed E-state index contributed by atoms with van der Waals surface area (Å²) in [6.45, 7) is 6.43. The summed E-state index contributed by atoms with van der Waals surface area (Å²) in [6, 6.07) is 10.7. The van der Waals surface area contributed by atoms with Gasteiger partial charge in [0.05, 0.1) is 16.8 Å². The van der Waals surface area contributed by atoms with E-state index in [2.05, 4.69) is 44.3 Å². The molecule has 1 nitrogen and oxygen atoms in total. The van der Waals surface area contributed by atoms with Crippen LogP contribution in [-0.4, -0.2) is 0 Å². The van der Waals surface area contributed by atoms with Gasteiger partial charge in [-0.15, -0.1) is 11.3 Å². The Kier molecular flexibility index (Phi) is 4.31. The lowest BCUT2D eigenvalue weighted by Crippen LogP contribution is -2.05. The number of hydrogen-bond donors (Lipinski definition) is 1. The number of anilines is 1. The predicted octanol–water partition coefficient (Wildman–Crippen LogP) is 5.45. The molecule has 0 fully saturated rings. The van der Waals surface area contributed by atoms with Crippen LogP contribution in [0.2, 0.25) is 5.02 Å². The summed E-state index contributed by atoms with van der Waals surface area (Å²) in [4.78, 5) is 2.78. The Labute approximate surface area is 118 Å². The van der Waals surface area contributed by atoms with Crippen molar-refractivity contribution in [3.63, 3.8) is 0 Å². The predicted molar refractivity (Wildman–Crippen MR) is 81.9 cm³/mol. The smallest absolute Gasteiger partial charge is 0.0637 e. The second-order valence-corrected chi connectivity index (χ2v) is 6.11. The first-order chi connectivity index (χ1) is 8.60. The van der Waals surface area contributed by atoms with E-state index in [9.17, 15) is 0 Å². The van der Waals surface area contributed by atoms with Gasteiger partial charge in [0.2, 0.25) is 0 Å². The molecule has 0 aliphatic heterocycles.